The van der Waals surface area contributed by atoms with E-state index in [0.29, 0.717) is 11.2 Å². The molecule has 0 saturated heterocycles. The van der Waals surface area contributed by atoms with Gasteiger partial charge in [0.15, 0.2) is 0 Å². The van der Waals surface area contributed by atoms with E-state index in [0.717, 1.165) is 0 Å². The van der Waals surface area contributed by atoms with Gasteiger partial charge >= 0.3 is 0 Å². The zero-order valence-electron chi connectivity index (χ0n) is 6.47. The Morgan fingerprint density at radius 2 is 2.36 bits per heavy atom. The molecule has 0 bridgehead atoms. The smallest absolute Gasteiger partial charge is 0.235 e. The van der Waals surface area contributed by atoms with Crippen LogP contribution in [-0.4, -0.2) is 17.8 Å². The van der Waals surface area contributed by atoms with E-state index in [2.05, 4.69) is 4.98 Å². The number of aromatic nitrogens is 1. The van der Waals surface area contributed by atoms with Gasteiger partial charge in [-0.05, 0) is 24.7 Å². The summed E-state index contributed by atoms with van der Waals surface area (Å²) >= 11 is 1.47. The molecule has 57 valence electrons. The molecule has 0 aliphatic rings. The summed E-state index contributed by atoms with van der Waals surface area (Å²) in [5.74, 6) is -0.202. The van der Waals surface area contributed by atoms with Crippen LogP contribution in [-0.2, 0) is 0 Å². The third-order valence-electron chi connectivity index (χ3n) is 1.26. The molecule has 0 amide bonds. The number of rotatable bonds is 2. The van der Waals surface area contributed by atoms with Gasteiger partial charge in [-0.15, -0.1) is 0 Å². The molecule has 0 aromatic carbocycles. The summed E-state index contributed by atoms with van der Waals surface area (Å²) in [4.78, 5) is 3.97. The van der Waals surface area contributed by atoms with Crippen LogP contribution in [0.15, 0.2) is 12.3 Å². The maximum absolute atomic E-state index is 13.0. The number of pyridine rings is 1. The van der Waals surface area contributed by atoms with Crippen LogP contribution in [0, 0.1) is 12.7 Å². The average Bonchev–Trinajstić information content (AvgIpc) is 1.95. The van der Waals surface area contributed by atoms with Crippen molar-refractivity contribution in [3.05, 3.63) is 23.8 Å². The van der Waals surface area contributed by atoms with Crippen LogP contribution in [0.2, 0.25) is 0 Å². The minimum atomic E-state index is -0.202. The van der Waals surface area contributed by atoms with E-state index in [1.165, 1.54) is 17.7 Å². The molecular formula is C7H8BFNS. The molecule has 0 fully saturated rings. The minimum Gasteiger partial charge on any atom is -0.262 e. The largest absolute Gasteiger partial charge is 0.262 e. The highest BCUT2D eigenvalue weighted by Gasteiger charge is 2.02. The number of hydrogen-bond acceptors (Lipinski definition) is 2. The van der Waals surface area contributed by atoms with Crippen LogP contribution in [0.3, 0.4) is 0 Å². The van der Waals surface area contributed by atoms with Gasteiger partial charge in [-0.3, -0.25) is 4.98 Å². The molecule has 0 aliphatic carbocycles. The lowest BCUT2D eigenvalue weighted by Crippen LogP contribution is -2.16. The third kappa shape index (κ3) is 2.22. The highest BCUT2D eigenvalue weighted by Crippen LogP contribution is 1.97. The van der Waals surface area contributed by atoms with Crippen LogP contribution in [0.1, 0.15) is 5.69 Å². The van der Waals surface area contributed by atoms with Gasteiger partial charge in [-0.1, -0.05) is 0 Å². The zero-order chi connectivity index (χ0) is 8.27. The lowest BCUT2D eigenvalue weighted by molar-refractivity contribution is 0.632. The van der Waals surface area contributed by atoms with Crippen LogP contribution < -0.4 is 5.46 Å². The Bertz CT molecular complexity index is 254. The van der Waals surface area contributed by atoms with Crippen molar-refractivity contribution in [3.8, 4) is 0 Å². The summed E-state index contributed by atoms with van der Waals surface area (Å²) in [5, 5.41) is 0. The van der Waals surface area contributed by atoms with Gasteiger partial charge in [-0.2, -0.15) is 0 Å². The maximum atomic E-state index is 13.0. The molecule has 11 heavy (non-hydrogen) atoms. The molecule has 4 heteroatoms. The Labute approximate surface area is 70.6 Å². The van der Waals surface area contributed by atoms with E-state index in [9.17, 15) is 4.39 Å². The molecule has 1 aromatic heterocycles. The van der Waals surface area contributed by atoms with Crippen molar-refractivity contribution in [3.63, 3.8) is 0 Å². The van der Waals surface area contributed by atoms with Crippen molar-refractivity contribution < 1.29 is 4.39 Å². The van der Waals surface area contributed by atoms with Crippen LogP contribution in [0.25, 0.3) is 0 Å². The van der Waals surface area contributed by atoms with Crippen LogP contribution >= 0.6 is 11.6 Å². The summed E-state index contributed by atoms with van der Waals surface area (Å²) in [6.45, 7) is 3.51. The fourth-order valence-electron chi connectivity index (χ4n) is 0.751. The van der Waals surface area contributed by atoms with E-state index >= 15 is 0 Å². The van der Waals surface area contributed by atoms with Gasteiger partial charge in [0, 0.05) is 11.9 Å². The van der Waals surface area contributed by atoms with E-state index in [-0.39, 0.29) is 5.82 Å². The molecule has 0 unspecified atom stereocenters. The summed E-state index contributed by atoms with van der Waals surface area (Å²) < 4.78 is 13.0. The predicted molar refractivity (Wildman–Crippen MR) is 47.8 cm³/mol. The second kappa shape index (κ2) is 3.76. The highest BCUT2D eigenvalue weighted by atomic mass is 32.2. The third-order valence-corrected chi connectivity index (χ3v) is 1.75. The fraction of sp³-hybridized carbons (Fsp3) is 0.286. The summed E-state index contributed by atoms with van der Waals surface area (Å²) in [7, 11) is 0. The van der Waals surface area contributed by atoms with Crippen molar-refractivity contribution >= 4 is 23.6 Å². The zero-order valence-corrected chi connectivity index (χ0v) is 7.28. The first-order chi connectivity index (χ1) is 5.24. The lowest BCUT2D eigenvalue weighted by atomic mass is 9.96. The molecule has 0 spiro atoms. The van der Waals surface area contributed by atoms with Crippen molar-refractivity contribution in [2.75, 3.05) is 6.26 Å². The molecule has 0 atom stereocenters. The van der Waals surface area contributed by atoms with Gasteiger partial charge in [0.05, 0.1) is 0 Å². The molecule has 1 aromatic rings. The quantitative estimate of drug-likeness (QED) is 0.614. The monoisotopic (exact) mass is 168 g/mol. The highest BCUT2D eigenvalue weighted by molar-refractivity contribution is 8.23. The standard InChI is InChI=1S/C7H8BFNS/c1-5-3-7(9)6(4-10-5)8-11-2/h3-4H,1-2H3. The van der Waals surface area contributed by atoms with E-state index in [1.54, 1.807) is 19.7 Å². The molecule has 0 aliphatic heterocycles. The molecule has 1 heterocycles. The molecule has 1 radical (unpaired) electrons. The van der Waals surface area contributed by atoms with Gasteiger partial charge in [-0.25, -0.2) is 16.0 Å². The van der Waals surface area contributed by atoms with Gasteiger partial charge in [0.25, 0.3) is 0 Å². The van der Waals surface area contributed by atoms with E-state index in [4.69, 9.17) is 0 Å². The SMILES string of the molecule is CS[B]c1cnc(C)cc1F. The predicted octanol–water partition coefficient (Wildman–Crippen LogP) is 1.14. The normalized spacial score (nSPS) is 9.73. The minimum absolute atomic E-state index is 0.202. The number of nitrogens with zero attached hydrogens (tertiary/aromatic N) is 1. The first-order valence-electron chi connectivity index (χ1n) is 3.22. The number of halogens is 1. The summed E-state index contributed by atoms with van der Waals surface area (Å²) in [6, 6.07) is 1.43. The van der Waals surface area contributed by atoms with E-state index < -0.39 is 0 Å². The van der Waals surface area contributed by atoms with Crippen molar-refractivity contribution in [1.29, 1.82) is 0 Å². The molecule has 0 N–H and O–H groups in total. The molecule has 1 nitrogen and oxygen atoms in total. The second-order valence-electron chi connectivity index (χ2n) is 2.20. The Morgan fingerprint density at radius 1 is 1.64 bits per heavy atom. The summed E-state index contributed by atoms with van der Waals surface area (Å²) in [6.07, 6.45) is 3.43. The molecular weight excluding hydrogens is 160 g/mol. The van der Waals surface area contributed by atoms with Crippen LogP contribution in [0.4, 0.5) is 4.39 Å². The van der Waals surface area contributed by atoms with E-state index in [1.807, 2.05) is 6.26 Å². The lowest BCUT2D eigenvalue weighted by Gasteiger charge is -1.98. The average molecular weight is 168 g/mol. The first-order valence-corrected chi connectivity index (χ1v) is 4.51. The fourth-order valence-corrected chi connectivity index (χ4v) is 1.18. The topological polar surface area (TPSA) is 12.9 Å². The Kier molecular flexibility index (Phi) is 2.94. The molecule has 1 rings (SSSR count). The first kappa shape index (κ1) is 8.59. The Hall–Kier alpha value is -0.505. The van der Waals surface area contributed by atoms with Gasteiger partial charge < -0.3 is 0 Å². The second-order valence-corrected chi connectivity index (χ2v) is 2.91. The Balaban J connectivity index is 2.90. The van der Waals surface area contributed by atoms with Gasteiger partial charge in [0.1, 0.15) is 5.82 Å². The van der Waals surface area contributed by atoms with Crippen molar-refractivity contribution in [2.24, 2.45) is 0 Å². The molecule has 0 saturated carbocycles. The van der Waals surface area contributed by atoms with Crippen LogP contribution in [0.5, 0.6) is 0 Å². The Morgan fingerprint density at radius 3 is 2.91 bits per heavy atom. The summed E-state index contributed by atoms with van der Waals surface area (Å²) in [5.41, 5.74) is 1.27. The van der Waals surface area contributed by atoms with Crippen molar-refractivity contribution in [1.82, 2.24) is 4.98 Å². The van der Waals surface area contributed by atoms with Crippen molar-refractivity contribution in [2.45, 2.75) is 6.92 Å². The van der Waals surface area contributed by atoms with Gasteiger partial charge in [0.2, 0.25) is 6.56 Å². The number of hydrogen-bond donors (Lipinski definition) is 0. The number of aryl methyl sites for hydroxylation is 1. The maximum Gasteiger partial charge on any atom is 0.235 e.